The van der Waals surface area contributed by atoms with Crippen LogP contribution < -0.4 is 0 Å². The molecule has 1 aliphatic rings. The van der Waals surface area contributed by atoms with Crippen LogP contribution in [-0.2, 0) is 24.1 Å². The van der Waals surface area contributed by atoms with E-state index in [-0.39, 0.29) is 37.5 Å². The van der Waals surface area contributed by atoms with Crippen LogP contribution in [0.15, 0.2) is 30.5 Å². The summed E-state index contributed by atoms with van der Waals surface area (Å²) in [7, 11) is 0. The quantitative estimate of drug-likeness (QED) is 0.909. The number of rotatable bonds is 4. The molecule has 0 saturated carbocycles. The van der Waals surface area contributed by atoms with E-state index in [1.165, 1.54) is 34.0 Å². The van der Waals surface area contributed by atoms with Crippen LogP contribution in [-0.4, -0.2) is 43.6 Å². The van der Waals surface area contributed by atoms with E-state index < -0.39 is 17.8 Å². The highest BCUT2D eigenvalue weighted by Gasteiger charge is 2.33. The van der Waals surface area contributed by atoms with Crippen LogP contribution in [0.25, 0.3) is 0 Å². The average Bonchev–Trinajstić information content (AvgIpc) is 2.97. The molecule has 3 rings (SSSR count). The number of benzene rings is 1. The second-order valence-electron chi connectivity index (χ2n) is 6.03. The maximum Gasteiger partial charge on any atom is 0.416 e. The number of piperidine rings is 1. The van der Waals surface area contributed by atoms with E-state index in [4.69, 9.17) is 0 Å². The summed E-state index contributed by atoms with van der Waals surface area (Å²) in [5, 5.41) is 17.4. The maximum absolute atomic E-state index is 13.0. The van der Waals surface area contributed by atoms with Crippen molar-refractivity contribution in [1.82, 2.24) is 19.9 Å². The molecule has 0 aliphatic carbocycles. The van der Waals surface area contributed by atoms with E-state index in [0.29, 0.717) is 12.1 Å². The zero-order valence-corrected chi connectivity index (χ0v) is 13.3. The van der Waals surface area contributed by atoms with Gasteiger partial charge in [0.2, 0.25) is 5.91 Å². The topological polar surface area (TPSA) is 71.2 Å². The standard InChI is InChI=1S/C16H17F3N4O2/c17-16(18,19)14-4-2-1-3-11(14)7-23-9-12(20-21-23)8-22-10-13(24)5-6-15(22)25/h1-4,9,13,24H,5-8,10H2. The van der Waals surface area contributed by atoms with E-state index in [1.54, 1.807) is 0 Å². The van der Waals surface area contributed by atoms with E-state index in [1.807, 2.05) is 0 Å². The molecule has 1 unspecified atom stereocenters. The highest BCUT2D eigenvalue weighted by Crippen LogP contribution is 2.32. The molecule has 1 atom stereocenters. The molecule has 134 valence electrons. The lowest BCUT2D eigenvalue weighted by molar-refractivity contribution is -0.138. The van der Waals surface area contributed by atoms with Crippen LogP contribution in [0.2, 0.25) is 0 Å². The van der Waals surface area contributed by atoms with Crippen LogP contribution in [0.3, 0.4) is 0 Å². The fraction of sp³-hybridized carbons (Fsp3) is 0.438. The number of hydrogen-bond acceptors (Lipinski definition) is 4. The first kappa shape index (κ1) is 17.4. The number of β-amino-alcohol motifs (C(OH)–C–C–N with tert-alkyl or cyclic N) is 1. The van der Waals surface area contributed by atoms with Gasteiger partial charge in [0.25, 0.3) is 0 Å². The number of alkyl halides is 3. The Balaban J connectivity index is 1.72. The van der Waals surface area contributed by atoms with Crippen LogP contribution in [0.1, 0.15) is 29.7 Å². The Bertz CT molecular complexity index is 760. The number of carbonyl (C=O) groups excluding carboxylic acids is 1. The van der Waals surface area contributed by atoms with Gasteiger partial charge in [-0.1, -0.05) is 23.4 Å². The van der Waals surface area contributed by atoms with Gasteiger partial charge in [-0.15, -0.1) is 5.10 Å². The Labute approximate surface area is 141 Å². The van der Waals surface area contributed by atoms with Crippen LogP contribution >= 0.6 is 0 Å². The van der Waals surface area contributed by atoms with Crippen molar-refractivity contribution >= 4 is 5.91 Å². The van der Waals surface area contributed by atoms with Crippen molar-refractivity contribution in [3.63, 3.8) is 0 Å². The molecule has 1 saturated heterocycles. The Morgan fingerprint density at radius 1 is 1.24 bits per heavy atom. The van der Waals surface area contributed by atoms with Gasteiger partial charge in [0.15, 0.2) is 0 Å². The molecule has 1 aliphatic heterocycles. The van der Waals surface area contributed by atoms with Crippen molar-refractivity contribution in [1.29, 1.82) is 0 Å². The van der Waals surface area contributed by atoms with Gasteiger partial charge in [-0.2, -0.15) is 13.2 Å². The summed E-state index contributed by atoms with van der Waals surface area (Å²) in [5.74, 6) is -0.0812. The van der Waals surface area contributed by atoms with E-state index >= 15 is 0 Å². The van der Waals surface area contributed by atoms with Crippen molar-refractivity contribution < 1.29 is 23.1 Å². The Morgan fingerprint density at radius 2 is 2.00 bits per heavy atom. The lowest BCUT2D eigenvalue weighted by Crippen LogP contribution is -2.41. The third kappa shape index (κ3) is 4.16. The van der Waals surface area contributed by atoms with Gasteiger partial charge in [-0.3, -0.25) is 4.79 Å². The van der Waals surface area contributed by atoms with E-state index in [2.05, 4.69) is 10.3 Å². The first-order valence-corrected chi connectivity index (χ1v) is 7.83. The number of nitrogens with zero attached hydrogens (tertiary/aromatic N) is 4. The Kier molecular flexibility index (Phi) is 4.76. The molecular formula is C16H17F3N4O2. The summed E-state index contributed by atoms with van der Waals surface area (Å²) >= 11 is 0. The van der Waals surface area contributed by atoms with Crippen molar-refractivity contribution in [2.75, 3.05) is 6.54 Å². The Morgan fingerprint density at radius 3 is 2.76 bits per heavy atom. The summed E-state index contributed by atoms with van der Waals surface area (Å²) in [6, 6.07) is 5.30. The fourth-order valence-corrected chi connectivity index (χ4v) is 2.84. The second-order valence-corrected chi connectivity index (χ2v) is 6.03. The number of hydrogen-bond donors (Lipinski definition) is 1. The molecule has 1 aromatic carbocycles. The number of halogens is 3. The predicted octanol–water partition coefficient (Wildman–Crippen LogP) is 1.83. The monoisotopic (exact) mass is 354 g/mol. The van der Waals surface area contributed by atoms with Gasteiger partial charge in [0, 0.05) is 13.0 Å². The van der Waals surface area contributed by atoms with Gasteiger partial charge >= 0.3 is 6.18 Å². The summed E-state index contributed by atoms with van der Waals surface area (Å²) in [6.45, 7) is 0.332. The summed E-state index contributed by atoms with van der Waals surface area (Å²) < 4.78 is 40.4. The second kappa shape index (κ2) is 6.83. The molecule has 6 nitrogen and oxygen atoms in total. The van der Waals surface area contributed by atoms with Gasteiger partial charge < -0.3 is 10.0 Å². The molecular weight excluding hydrogens is 337 g/mol. The highest BCUT2D eigenvalue weighted by molar-refractivity contribution is 5.77. The minimum Gasteiger partial charge on any atom is -0.391 e. The molecule has 2 aromatic rings. The van der Waals surface area contributed by atoms with Gasteiger partial charge in [-0.25, -0.2) is 4.68 Å². The summed E-state index contributed by atoms with van der Waals surface area (Å²) in [5.41, 5.74) is -0.149. The van der Waals surface area contributed by atoms with Gasteiger partial charge in [0.05, 0.1) is 31.0 Å². The SMILES string of the molecule is O=C1CCC(O)CN1Cc1cn(Cc2ccccc2C(F)(F)F)nn1. The highest BCUT2D eigenvalue weighted by atomic mass is 19.4. The average molecular weight is 354 g/mol. The molecule has 1 N–H and O–H groups in total. The van der Waals surface area contributed by atoms with Crippen molar-refractivity contribution in [3.8, 4) is 0 Å². The van der Waals surface area contributed by atoms with Crippen LogP contribution in [0.4, 0.5) is 13.2 Å². The zero-order chi connectivity index (χ0) is 18.0. The molecule has 0 spiro atoms. The number of aliphatic hydroxyl groups is 1. The molecule has 2 heterocycles. The minimum absolute atomic E-state index is 0.0702. The van der Waals surface area contributed by atoms with Crippen molar-refractivity contribution in [2.45, 2.75) is 38.2 Å². The largest absolute Gasteiger partial charge is 0.416 e. The van der Waals surface area contributed by atoms with Crippen molar-refractivity contribution in [2.24, 2.45) is 0 Å². The fourth-order valence-electron chi connectivity index (χ4n) is 2.84. The summed E-state index contributed by atoms with van der Waals surface area (Å²) in [6.07, 6.45) is -2.77. The molecule has 25 heavy (non-hydrogen) atoms. The maximum atomic E-state index is 13.0. The van der Waals surface area contributed by atoms with E-state index in [0.717, 1.165) is 6.07 Å². The van der Waals surface area contributed by atoms with Gasteiger partial charge in [-0.05, 0) is 18.1 Å². The number of amides is 1. The normalized spacial score (nSPS) is 18.6. The first-order valence-electron chi connectivity index (χ1n) is 7.83. The summed E-state index contributed by atoms with van der Waals surface area (Å²) in [4.78, 5) is 13.3. The van der Waals surface area contributed by atoms with Gasteiger partial charge in [0.1, 0.15) is 5.69 Å². The minimum atomic E-state index is -4.43. The lowest BCUT2D eigenvalue weighted by atomic mass is 10.1. The van der Waals surface area contributed by atoms with Crippen molar-refractivity contribution in [3.05, 3.63) is 47.3 Å². The Hall–Kier alpha value is -2.42. The third-order valence-electron chi connectivity index (χ3n) is 4.07. The third-order valence-corrected chi connectivity index (χ3v) is 4.07. The molecule has 0 bridgehead atoms. The number of aliphatic hydroxyl groups excluding tert-OH is 1. The van der Waals surface area contributed by atoms with Crippen LogP contribution in [0, 0.1) is 0 Å². The van der Waals surface area contributed by atoms with Crippen LogP contribution in [0.5, 0.6) is 0 Å². The predicted molar refractivity (Wildman–Crippen MR) is 81.2 cm³/mol. The number of aromatic nitrogens is 3. The molecule has 1 amide bonds. The first-order chi connectivity index (χ1) is 11.8. The number of likely N-dealkylation sites (tertiary alicyclic amines) is 1. The molecule has 1 fully saturated rings. The number of carbonyl (C=O) groups is 1. The lowest BCUT2D eigenvalue weighted by Gasteiger charge is -2.29. The molecule has 9 heteroatoms. The molecule has 1 aromatic heterocycles. The zero-order valence-electron chi connectivity index (χ0n) is 13.3. The smallest absolute Gasteiger partial charge is 0.391 e. The van der Waals surface area contributed by atoms with E-state index in [9.17, 15) is 23.1 Å². The molecule has 0 radical (unpaired) electrons.